The predicted octanol–water partition coefficient (Wildman–Crippen LogP) is 3.03. The second-order valence-electron chi connectivity index (χ2n) is 9.71. The number of fused-ring (bicyclic) bond motifs is 1. The molecule has 3 heterocycles. The maximum atomic E-state index is 14.2. The molecule has 34 heavy (non-hydrogen) atoms. The summed E-state index contributed by atoms with van der Waals surface area (Å²) in [6.07, 6.45) is 7.07. The molecule has 0 saturated carbocycles. The molecular formula is C26H40N2O5S. The van der Waals surface area contributed by atoms with E-state index in [-0.39, 0.29) is 42.2 Å². The third-order valence-corrected chi connectivity index (χ3v) is 9.85. The number of nitrogens with zero attached hydrogens (tertiary/aromatic N) is 2. The fraction of sp³-hybridized carbons (Fsp3) is 0.731. The highest BCUT2D eigenvalue weighted by Gasteiger charge is 2.77. The van der Waals surface area contributed by atoms with Crippen molar-refractivity contribution in [2.24, 2.45) is 17.8 Å². The predicted molar refractivity (Wildman–Crippen MR) is 134 cm³/mol. The molecule has 8 heteroatoms. The number of aliphatic hydroxyl groups is 1. The average molecular weight is 493 g/mol. The average Bonchev–Trinajstić information content (AvgIpc) is 3.41. The maximum absolute atomic E-state index is 14.2. The Morgan fingerprint density at radius 1 is 1.35 bits per heavy atom. The molecule has 7 nitrogen and oxygen atoms in total. The lowest BCUT2D eigenvalue weighted by Crippen LogP contribution is -2.59. The molecule has 0 aliphatic carbocycles. The van der Waals surface area contributed by atoms with Crippen LogP contribution in [-0.4, -0.2) is 81.1 Å². The second kappa shape index (κ2) is 11.3. The number of likely N-dealkylation sites (tertiary alicyclic amines) is 1. The van der Waals surface area contributed by atoms with Crippen LogP contribution in [0.2, 0.25) is 0 Å². The Kier molecular flexibility index (Phi) is 8.90. The molecule has 3 aliphatic rings. The van der Waals surface area contributed by atoms with Crippen molar-refractivity contribution in [2.75, 3.05) is 26.3 Å². The Bertz CT molecular complexity index is 800. The molecule has 3 unspecified atom stereocenters. The van der Waals surface area contributed by atoms with Gasteiger partial charge in [0, 0.05) is 18.3 Å². The quantitative estimate of drug-likeness (QED) is 0.242. The highest BCUT2D eigenvalue weighted by Crippen LogP contribution is 2.69. The molecule has 3 rings (SSSR count). The maximum Gasteiger partial charge on any atom is 0.310 e. The number of rotatable bonds is 13. The molecule has 3 fully saturated rings. The smallest absolute Gasteiger partial charge is 0.310 e. The topological polar surface area (TPSA) is 87.1 Å². The number of carbonyl (C=O) groups excluding carboxylic acids is 3. The molecule has 7 atom stereocenters. The molecule has 2 bridgehead atoms. The standard InChI is InChI=1S/C26H40N2O5S/c1-6-10-13-27(12-8-3)24(31)22-26-17(5)15-19(34-26)20(25(32)33-14-11-7-2)21(26)23(30)28(22)18(9-4)16-29/h7-8,17-22,29H,2-3,6,9-16H2,1,4-5H3/t17?,18-,19+,20-,21-,22?,26?/m0/s1. The summed E-state index contributed by atoms with van der Waals surface area (Å²) in [6, 6.07) is -1.18. The van der Waals surface area contributed by atoms with E-state index >= 15 is 0 Å². The Balaban J connectivity index is 2.05. The van der Waals surface area contributed by atoms with Gasteiger partial charge in [0.15, 0.2) is 0 Å². The summed E-state index contributed by atoms with van der Waals surface area (Å²) in [4.78, 5) is 44.8. The lowest BCUT2D eigenvalue weighted by Gasteiger charge is -2.42. The fourth-order valence-corrected chi connectivity index (χ4v) is 8.51. The van der Waals surface area contributed by atoms with Crippen molar-refractivity contribution in [3.63, 3.8) is 0 Å². The number of thioether (sulfide) groups is 1. The Morgan fingerprint density at radius 2 is 2.09 bits per heavy atom. The lowest BCUT2D eigenvalue weighted by molar-refractivity contribution is -0.155. The number of unbranched alkanes of at least 4 members (excludes halogenated alkanes) is 1. The van der Waals surface area contributed by atoms with Crippen LogP contribution in [0, 0.1) is 17.8 Å². The van der Waals surface area contributed by atoms with Gasteiger partial charge in [0.25, 0.3) is 0 Å². The second-order valence-corrected chi connectivity index (χ2v) is 11.3. The minimum Gasteiger partial charge on any atom is -0.465 e. The summed E-state index contributed by atoms with van der Waals surface area (Å²) in [5.41, 5.74) is 0. The highest BCUT2D eigenvalue weighted by molar-refractivity contribution is 8.02. The molecule has 0 aromatic carbocycles. The monoisotopic (exact) mass is 492 g/mol. The van der Waals surface area contributed by atoms with Gasteiger partial charge in [-0.2, -0.15) is 0 Å². The van der Waals surface area contributed by atoms with Crippen molar-refractivity contribution < 1.29 is 24.2 Å². The summed E-state index contributed by atoms with van der Waals surface area (Å²) in [7, 11) is 0. The van der Waals surface area contributed by atoms with Crippen LogP contribution in [0.25, 0.3) is 0 Å². The van der Waals surface area contributed by atoms with Gasteiger partial charge in [0.2, 0.25) is 11.8 Å². The highest BCUT2D eigenvalue weighted by atomic mass is 32.2. The number of esters is 1. The number of hydrogen-bond acceptors (Lipinski definition) is 6. The summed E-state index contributed by atoms with van der Waals surface area (Å²) < 4.78 is 4.84. The molecule has 1 spiro atoms. The first kappa shape index (κ1) is 26.8. The summed E-state index contributed by atoms with van der Waals surface area (Å²) in [5, 5.41) is 10.1. The van der Waals surface area contributed by atoms with E-state index in [2.05, 4.69) is 27.0 Å². The van der Waals surface area contributed by atoms with Crippen molar-refractivity contribution in [3.05, 3.63) is 25.3 Å². The van der Waals surface area contributed by atoms with Crippen molar-refractivity contribution in [1.29, 1.82) is 0 Å². The summed E-state index contributed by atoms with van der Waals surface area (Å²) >= 11 is 1.64. The Labute approximate surface area is 208 Å². The molecule has 3 aliphatic heterocycles. The first-order valence-electron chi connectivity index (χ1n) is 12.6. The molecule has 0 aromatic heterocycles. The number of aliphatic hydroxyl groups excluding tert-OH is 1. The fourth-order valence-electron chi connectivity index (χ4n) is 6.12. The van der Waals surface area contributed by atoms with Crippen molar-refractivity contribution in [3.8, 4) is 0 Å². The van der Waals surface area contributed by atoms with E-state index in [4.69, 9.17) is 4.74 Å². The minimum atomic E-state index is -0.713. The molecule has 0 radical (unpaired) electrons. The van der Waals surface area contributed by atoms with Crippen molar-refractivity contribution in [2.45, 2.75) is 75.0 Å². The van der Waals surface area contributed by atoms with E-state index in [1.807, 2.05) is 6.92 Å². The van der Waals surface area contributed by atoms with E-state index in [1.165, 1.54) is 0 Å². The van der Waals surface area contributed by atoms with Crippen LogP contribution in [0.15, 0.2) is 25.3 Å². The number of ether oxygens (including phenoxy) is 1. The zero-order valence-electron chi connectivity index (χ0n) is 20.8. The van der Waals surface area contributed by atoms with E-state index in [9.17, 15) is 19.5 Å². The van der Waals surface area contributed by atoms with E-state index in [1.54, 1.807) is 33.7 Å². The number of carbonyl (C=O) groups is 3. The van der Waals surface area contributed by atoms with Gasteiger partial charge in [0.1, 0.15) is 6.04 Å². The minimum absolute atomic E-state index is 0.0460. The first-order chi connectivity index (χ1) is 16.3. The zero-order valence-corrected chi connectivity index (χ0v) is 21.6. The van der Waals surface area contributed by atoms with Crippen LogP contribution >= 0.6 is 11.8 Å². The van der Waals surface area contributed by atoms with Gasteiger partial charge < -0.3 is 19.6 Å². The van der Waals surface area contributed by atoms with Gasteiger partial charge in [-0.15, -0.1) is 24.9 Å². The van der Waals surface area contributed by atoms with E-state index < -0.39 is 28.7 Å². The first-order valence-corrected chi connectivity index (χ1v) is 13.5. The van der Waals surface area contributed by atoms with Crippen LogP contribution in [0.4, 0.5) is 0 Å². The van der Waals surface area contributed by atoms with Crippen molar-refractivity contribution in [1.82, 2.24) is 9.80 Å². The Hall–Kier alpha value is -1.80. The number of hydrogen-bond donors (Lipinski definition) is 1. The van der Waals surface area contributed by atoms with Crippen LogP contribution in [0.5, 0.6) is 0 Å². The van der Waals surface area contributed by atoms with Crippen molar-refractivity contribution >= 4 is 29.5 Å². The van der Waals surface area contributed by atoms with Crippen LogP contribution in [0.1, 0.15) is 52.9 Å². The molecular weight excluding hydrogens is 452 g/mol. The molecule has 190 valence electrons. The van der Waals surface area contributed by atoms with Gasteiger partial charge in [-0.25, -0.2) is 0 Å². The number of amides is 2. The summed E-state index contributed by atoms with van der Waals surface area (Å²) in [5.74, 6) is -1.75. The molecule has 3 saturated heterocycles. The SMILES string of the molecule is C=CCCOC(=O)[C@@H]1[C@H]2C(=O)N([C@@H](CC)CO)C(C(=O)N(CC=C)CCCC)C23S[C@@H]1CC3C. The van der Waals surface area contributed by atoms with Gasteiger partial charge in [0.05, 0.1) is 35.8 Å². The summed E-state index contributed by atoms with van der Waals surface area (Å²) in [6.45, 7) is 14.6. The van der Waals surface area contributed by atoms with E-state index in [0.717, 1.165) is 19.3 Å². The molecule has 0 aromatic rings. The third kappa shape index (κ3) is 4.32. The molecule has 2 amide bonds. The van der Waals surface area contributed by atoms with Gasteiger partial charge >= 0.3 is 5.97 Å². The van der Waals surface area contributed by atoms with Gasteiger partial charge in [-0.3, -0.25) is 14.4 Å². The van der Waals surface area contributed by atoms with Crippen LogP contribution in [0.3, 0.4) is 0 Å². The van der Waals surface area contributed by atoms with Gasteiger partial charge in [-0.05, 0) is 31.6 Å². The van der Waals surface area contributed by atoms with E-state index in [0.29, 0.717) is 25.9 Å². The van der Waals surface area contributed by atoms with Crippen LogP contribution in [-0.2, 0) is 19.1 Å². The Morgan fingerprint density at radius 3 is 2.68 bits per heavy atom. The largest absolute Gasteiger partial charge is 0.465 e. The third-order valence-electron chi connectivity index (χ3n) is 7.77. The normalized spacial score (nSPS) is 32.4. The van der Waals surface area contributed by atoms with Crippen LogP contribution < -0.4 is 0 Å². The zero-order chi connectivity index (χ0) is 25.0. The lowest BCUT2D eigenvalue weighted by atomic mass is 9.66. The molecule has 1 N–H and O–H groups in total. The van der Waals surface area contributed by atoms with Gasteiger partial charge in [-0.1, -0.05) is 39.3 Å².